The van der Waals surface area contributed by atoms with Crippen LogP contribution in [0.1, 0.15) is 29.9 Å². The Balaban J connectivity index is 1.50. The van der Waals surface area contributed by atoms with Gasteiger partial charge in [0, 0.05) is 30.3 Å². The predicted molar refractivity (Wildman–Crippen MR) is 107 cm³/mol. The summed E-state index contributed by atoms with van der Waals surface area (Å²) in [5, 5.41) is 4.06. The SMILES string of the molecule is Cc1noc(C)c1-c1ccc2c(c1)CCn1c-2cc(OCC2CCCO2)nc1=O. The third-order valence-corrected chi connectivity index (χ3v) is 5.74. The van der Waals surface area contributed by atoms with Crippen molar-refractivity contribution < 1.29 is 14.0 Å². The second-order valence-corrected chi connectivity index (χ2v) is 7.68. The van der Waals surface area contributed by atoms with E-state index in [1.165, 1.54) is 5.56 Å². The van der Waals surface area contributed by atoms with E-state index in [4.69, 9.17) is 14.0 Å². The van der Waals surface area contributed by atoms with Gasteiger partial charge in [-0.25, -0.2) is 4.79 Å². The molecule has 1 saturated heterocycles. The lowest BCUT2D eigenvalue weighted by molar-refractivity contribution is 0.0661. The molecule has 1 aromatic carbocycles. The van der Waals surface area contributed by atoms with Gasteiger partial charge in [0.2, 0.25) is 5.88 Å². The Morgan fingerprint density at radius 2 is 2.17 bits per heavy atom. The van der Waals surface area contributed by atoms with Gasteiger partial charge in [-0.15, -0.1) is 0 Å². The van der Waals surface area contributed by atoms with Gasteiger partial charge in [0.25, 0.3) is 0 Å². The molecule has 1 atom stereocenters. The highest BCUT2D eigenvalue weighted by molar-refractivity contribution is 5.75. The molecule has 3 aromatic rings. The van der Waals surface area contributed by atoms with Gasteiger partial charge in [0.05, 0.1) is 17.5 Å². The van der Waals surface area contributed by atoms with Crippen LogP contribution in [-0.2, 0) is 17.7 Å². The van der Waals surface area contributed by atoms with Crippen molar-refractivity contribution in [1.29, 1.82) is 0 Å². The summed E-state index contributed by atoms with van der Waals surface area (Å²) in [7, 11) is 0. The van der Waals surface area contributed by atoms with E-state index >= 15 is 0 Å². The molecule has 0 aliphatic carbocycles. The quantitative estimate of drug-likeness (QED) is 0.677. The first kappa shape index (κ1) is 18.1. The molecule has 0 radical (unpaired) electrons. The summed E-state index contributed by atoms with van der Waals surface area (Å²) in [6.45, 7) is 5.67. The summed E-state index contributed by atoms with van der Waals surface area (Å²) in [5.74, 6) is 1.17. The van der Waals surface area contributed by atoms with Crippen LogP contribution >= 0.6 is 0 Å². The van der Waals surface area contributed by atoms with Gasteiger partial charge in [-0.1, -0.05) is 23.4 Å². The first-order valence-electron chi connectivity index (χ1n) is 10.0. The molecule has 1 fully saturated rings. The average Bonchev–Trinajstić information content (AvgIpc) is 3.35. The van der Waals surface area contributed by atoms with Gasteiger partial charge in [-0.05, 0) is 44.2 Å². The molecule has 0 saturated carbocycles. The van der Waals surface area contributed by atoms with E-state index in [0.717, 1.165) is 59.7 Å². The minimum atomic E-state index is -0.273. The lowest BCUT2D eigenvalue weighted by atomic mass is 9.93. The summed E-state index contributed by atoms with van der Waals surface area (Å²) < 4.78 is 18.4. The van der Waals surface area contributed by atoms with Crippen LogP contribution in [0.5, 0.6) is 5.88 Å². The van der Waals surface area contributed by atoms with E-state index < -0.39 is 0 Å². The summed E-state index contributed by atoms with van der Waals surface area (Å²) in [6, 6.07) is 8.15. The lowest BCUT2D eigenvalue weighted by Gasteiger charge is -2.22. The fraction of sp³-hybridized carbons (Fsp3) is 0.409. The second kappa shape index (κ2) is 7.15. The van der Waals surface area contributed by atoms with Crippen LogP contribution in [0.15, 0.2) is 33.6 Å². The van der Waals surface area contributed by atoms with E-state index in [-0.39, 0.29) is 11.8 Å². The largest absolute Gasteiger partial charge is 0.475 e. The van der Waals surface area contributed by atoms with Crippen LogP contribution < -0.4 is 10.4 Å². The summed E-state index contributed by atoms with van der Waals surface area (Å²) in [4.78, 5) is 16.7. The molecule has 5 rings (SSSR count). The number of nitrogens with zero attached hydrogens (tertiary/aromatic N) is 3. The number of aryl methyl sites for hydroxylation is 3. The molecule has 0 amide bonds. The fourth-order valence-electron chi connectivity index (χ4n) is 4.29. The van der Waals surface area contributed by atoms with Crippen LogP contribution in [0.4, 0.5) is 0 Å². The van der Waals surface area contributed by atoms with Gasteiger partial charge in [-0.2, -0.15) is 4.98 Å². The first-order chi connectivity index (χ1) is 14.1. The van der Waals surface area contributed by atoms with Crippen molar-refractivity contribution in [1.82, 2.24) is 14.7 Å². The highest BCUT2D eigenvalue weighted by atomic mass is 16.5. The standard InChI is InChI=1S/C22H23N3O4/c1-13-21(14(2)29-24-13)16-5-6-18-15(10-16)7-8-25-19(18)11-20(23-22(25)26)28-12-17-4-3-9-27-17/h5-6,10-11,17H,3-4,7-9,12H2,1-2H3. The zero-order valence-electron chi connectivity index (χ0n) is 16.6. The summed E-state index contributed by atoms with van der Waals surface area (Å²) >= 11 is 0. The predicted octanol–water partition coefficient (Wildman–Crippen LogP) is 3.30. The smallest absolute Gasteiger partial charge is 0.351 e. The maximum Gasteiger partial charge on any atom is 0.351 e. The Hall–Kier alpha value is -2.93. The van der Waals surface area contributed by atoms with Crippen molar-refractivity contribution in [3.05, 3.63) is 51.8 Å². The van der Waals surface area contributed by atoms with Crippen molar-refractivity contribution in [2.24, 2.45) is 0 Å². The third-order valence-electron chi connectivity index (χ3n) is 5.74. The molecule has 2 aliphatic heterocycles. The number of fused-ring (bicyclic) bond motifs is 3. The maximum absolute atomic E-state index is 12.6. The van der Waals surface area contributed by atoms with Crippen LogP contribution in [-0.4, -0.2) is 34.0 Å². The molecule has 2 aliphatic rings. The van der Waals surface area contributed by atoms with Gasteiger partial charge in [0.15, 0.2) is 0 Å². The van der Waals surface area contributed by atoms with E-state index in [1.807, 2.05) is 19.9 Å². The van der Waals surface area contributed by atoms with Gasteiger partial charge >= 0.3 is 5.69 Å². The minimum absolute atomic E-state index is 0.0838. The van der Waals surface area contributed by atoms with Gasteiger partial charge in [0.1, 0.15) is 12.4 Å². The molecule has 2 aromatic heterocycles. The van der Waals surface area contributed by atoms with Crippen molar-refractivity contribution in [2.75, 3.05) is 13.2 Å². The molecule has 0 bridgehead atoms. The monoisotopic (exact) mass is 393 g/mol. The molecule has 7 heteroatoms. The summed E-state index contributed by atoms with van der Waals surface area (Å²) in [5.41, 5.74) is 5.80. The molecule has 4 heterocycles. The van der Waals surface area contributed by atoms with Crippen molar-refractivity contribution >= 4 is 0 Å². The Morgan fingerprint density at radius 3 is 2.93 bits per heavy atom. The van der Waals surface area contributed by atoms with Crippen molar-refractivity contribution in [3.63, 3.8) is 0 Å². The summed E-state index contributed by atoms with van der Waals surface area (Å²) in [6.07, 6.45) is 2.89. The van der Waals surface area contributed by atoms with Crippen LogP contribution in [0.2, 0.25) is 0 Å². The Bertz CT molecular complexity index is 1110. The fourth-order valence-corrected chi connectivity index (χ4v) is 4.29. The Morgan fingerprint density at radius 1 is 1.28 bits per heavy atom. The number of benzene rings is 1. The number of hydrogen-bond acceptors (Lipinski definition) is 6. The number of rotatable bonds is 4. The second-order valence-electron chi connectivity index (χ2n) is 7.68. The average molecular weight is 393 g/mol. The van der Waals surface area contributed by atoms with E-state index in [1.54, 1.807) is 4.57 Å². The highest BCUT2D eigenvalue weighted by Crippen LogP contribution is 2.35. The molecule has 150 valence electrons. The molecular formula is C22H23N3O4. The zero-order valence-corrected chi connectivity index (χ0v) is 16.6. The zero-order chi connectivity index (χ0) is 20.0. The number of aromatic nitrogens is 3. The van der Waals surface area contributed by atoms with Gasteiger partial charge in [-0.3, -0.25) is 4.57 Å². The molecule has 29 heavy (non-hydrogen) atoms. The topological polar surface area (TPSA) is 79.4 Å². The highest BCUT2D eigenvalue weighted by Gasteiger charge is 2.22. The van der Waals surface area contributed by atoms with Crippen molar-refractivity contribution in [2.45, 2.75) is 45.8 Å². The third kappa shape index (κ3) is 3.25. The van der Waals surface area contributed by atoms with E-state index in [0.29, 0.717) is 19.0 Å². The first-order valence-corrected chi connectivity index (χ1v) is 10.0. The number of ether oxygens (including phenoxy) is 2. The van der Waals surface area contributed by atoms with E-state index in [2.05, 4.69) is 28.3 Å². The molecule has 0 spiro atoms. The molecule has 7 nitrogen and oxygen atoms in total. The van der Waals surface area contributed by atoms with Crippen LogP contribution in [0, 0.1) is 13.8 Å². The number of hydrogen-bond donors (Lipinski definition) is 0. The normalized spacial score (nSPS) is 17.8. The van der Waals surface area contributed by atoms with E-state index in [9.17, 15) is 4.79 Å². The Kier molecular flexibility index (Phi) is 4.47. The van der Waals surface area contributed by atoms with Crippen molar-refractivity contribution in [3.8, 4) is 28.3 Å². The maximum atomic E-state index is 12.6. The van der Waals surface area contributed by atoms with Gasteiger partial charge < -0.3 is 14.0 Å². The molecule has 0 N–H and O–H groups in total. The lowest BCUT2D eigenvalue weighted by Crippen LogP contribution is -2.29. The molecular weight excluding hydrogens is 370 g/mol. The van der Waals surface area contributed by atoms with Crippen LogP contribution in [0.25, 0.3) is 22.4 Å². The Labute approximate surface area is 168 Å². The molecule has 1 unspecified atom stereocenters. The minimum Gasteiger partial charge on any atom is -0.475 e. The van der Waals surface area contributed by atoms with Crippen LogP contribution in [0.3, 0.4) is 0 Å².